The van der Waals surface area contributed by atoms with Crippen LogP contribution in [0.4, 0.5) is 0 Å². The summed E-state index contributed by atoms with van der Waals surface area (Å²) >= 11 is 0. The Morgan fingerprint density at radius 3 is 2.33 bits per heavy atom. The molecular weight excluding hydrogens is 336 g/mol. The van der Waals surface area contributed by atoms with Crippen LogP contribution in [0.5, 0.6) is 5.75 Å². The molecule has 2 atom stereocenters. The van der Waals surface area contributed by atoms with Crippen LogP contribution >= 0.6 is 0 Å². The van der Waals surface area contributed by atoms with E-state index >= 15 is 0 Å². The third-order valence-corrected chi connectivity index (χ3v) is 5.61. The van der Waals surface area contributed by atoms with Gasteiger partial charge in [-0.3, -0.25) is 9.59 Å². The van der Waals surface area contributed by atoms with E-state index in [9.17, 15) is 9.59 Å². The van der Waals surface area contributed by atoms with E-state index in [1.54, 1.807) is 37.3 Å². The molecule has 3 nitrogen and oxygen atoms in total. The first kappa shape index (κ1) is 22.9. The number of carbonyl (C=O) groups excluding carboxylic acids is 2. The molecule has 1 aromatic carbocycles. The molecule has 2 unspecified atom stereocenters. The molecule has 1 aliphatic carbocycles. The fourth-order valence-corrected chi connectivity index (χ4v) is 3.28. The molecule has 148 valence electrons. The highest BCUT2D eigenvalue weighted by Gasteiger charge is 2.36. The SMILES string of the molecule is CC(=O)/C=C/C1C(C)=CCC(C)C1(C)C.CCC(=O)Cc1ccc(O)cc1. The Bertz CT molecular complexity index is 693. The predicted molar refractivity (Wildman–Crippen MR) is 112 cm³/mol. The number of Topliss-reactive ketones (excluding diaryl/α,β-unsaturated/α-hetero) is 1. The average Bonchev–Trinajstić information content (AvgIpc) is 2.60. The van der Waals surface area contributed by atoms with Gasteiger partial charge in [0, 0.05) is 18.8 Å². The lowest BCUT2D eigenvalue weighted by atomic mass is 9.63. The zero-order valence-corrected chi connectivity index (χ0v) is 17.6. The number of hydrogen-bond acceptors (Lipinski definition) is 3. The first-order valence-electron chi connectivity index (χ1n) is 9.72. The summed E-state index contributed by atoms with van der Waals surface area (Å²) in [6.45, 7) is 12.5. The van der Waals surface area contributed by atoms with Gasteiger partial charge in [0.1, 0.15) is 11.5 Å². The van der Waals surface area contributed by atoms with Crippen molar-refractivity contribution in [3.8, 4) is 5.75 Å². The molecule has 0 saturated heterocycles. The summed E-state index contributed by atoms with van der Waals surface area (Å²) in [6.07, 6.45) is 8.29. The molecule has 0 fully saturated rings. The number of aromatic hydroxyl groups is 1. The van der Waals surface area contributed by atoms with Gasteiger partial charge in [-0.25, -0.2) is 0 Å². The third-order valence-electron chi connectivity index (χ3n) is 5.61. The number of ketones is 2. The molecule has 0 radical (unpaired) electrons. The Morgan fingerprint density at radius 2 is 1.81 bits per heavy atom. The van der Waals surface area contributed by atoms with Gasteiger partial charge in [0.25, 0.3) is 0 Å². The second-order valence-corrected chi connectivity index (χ2v) is 8.09. The number of hydrogen-bond donors (Lipinski definition) is 1. The number of carbonyl (C=O) groups is 2. The number of benzene rings is 1. The van der Waals surface area contributed by atoms with E-state index in [0.29, 0.717) is 24.7 Å². The zero-order valence-electron chi connectivity index (χ0n) is 17.6. The molecule has 3 heteroatoms. The Kier molecular flexibility index (Phi) is 8.68. The molecule has 0 heterocycles. The normalized spacial score (nSPS) is 21.2. The minimum absolute atomic E-state index is 0.136. The van der Waals surface area contributed by atoms with Crippen LogP contribution in [0.1, 0.15) is 59.9 Å². The lowest BCUT2D eigenvalue weighted by Gasteiger charge is -2.42. The van der Waals surface area contributed by atoms with Gasteiger partial charge in [0.05, 0.1) is 0 Å². The molecule has 1 N–H and O–H groups in total. The van der Waals surface area contributed by atoms with Crippen LogP contribution in [-0.2, 0) is 16.0 Å². The van der Waals surface area contributed by atoms with Crippen LogP contribution in [0.3, 0.4) is 0 Å². The second-order valence-electron chi connectivity index (χ2n) is 8.09. The summed E-state index contributed by atoms with van der Waals surface area (Å²) in [6, 6.07) is 6.72. The molecule has 0 saturated carbocycles. The molecule has 0 bridgehead atoms. The van der Waals surface area contributed by atoms with Gasteiger partial charge in [-0.1, -0.05) is 57.6 Å². The average molecular weight is 371 g/mol. The van der Waals surface area contributed by atoms with Gasteiger partial charge < -0.3 is 5.11 Å². The zero-order chi connectivity index (χ0) is 20.6. The van der Waals surface area contributed by atoms with Gasteiger partial charge in [-0.15, -0.1) is 0 Å². The predicted octanol–water partition coefficient (Wildman–Crippen LogP) is 5.67. The van der Waals surface area contributed by atoms with Crippen molar-refractivity contribution in [1.82, 2.24) is 0 Å². The molecule has 0 amide bonds. The minimum atomic E-state index is 0.136. The van der Waals surface area contributed by atoms with Crippen molar-refractivity contribution in [1.29, 1.82) is 0 Å². The first-order chi connectivity index (χ1) is 12.6. The lowest BCUT2D eigenvalue weighted by molar-refractivity contribution is -0.118. The molecule has 0 spiro atoms. The van der Waals surface area contributed by atoms with E-state index in [2.05, 4.69) is 39.8 Å². The van der Waals surface area contributed by atoms with E-state index in [-0.39, 0.29) is 22.7 Å². The Labute approximate surface area is 164 Å². The van der Waals surface area contributed by atoms with Gasteiger partial charge in [-0.2, -0.15) is 0 Å². The van der Waals surface area contributed by atoms with E-state index in [4.69, 9.17) is 5.11 Å². The van der Waals surface area contributed by atoms with E-state index in [0.717, 1.165) is 12.0 Å². The van der Waals surface area contributed by atoms with Crippen LogP contribution in [0.2, 0.25) is 0 Å². The number of allylic oxidation sites excluding steroid dienone is 4. The summed E-state index contributed by atoms with van der Waals surface area (Å²) in [5.74, 6) is 1.67. The molecule has 0 aliphatic heterocycles. The van der Waals surface area contributed by atoms with E-state index < -0.39 is 0 Å². The van der Waals surface area contributed by atoms with Gasteiger partial charge in [0.15, 0.2) is 5.78 Å². The first-order valence-corrected chi connectivity index (χ1v) is 9.72. The highest BCUT2D eigenvalue weighted by Crippen LogP contribution is 2.45. The maximum absolute atomic E-state index is 11.0. The summed E-state index contributed by atoms with van der Waals surface area (Å²) < 4.78 is 0. The summed E-state index contributed by atoms with van der Waals surface area (Å²) in [4.78, 5) is 22.0. The largest absolute Gasteiger partial charge is 0.508 e. The molecule has 27 heavy (non-hydrogen) atoms. The molecule has 1 aliphatic rings. The fourth-order valence-electron chi connectivity index (χ4n) is 3.28. The summed E-state index contributed by atoms with van der Waals surface area (Å²) in [5, 5.41) is 8.96. The molecular formula is C24H34O3. The van der Waals surface area contributed by atoms with Crippen molar-refractivity contribution in [3.63, 3.8) is 0 Å². The maximum atomic E-state index is 11.0. The van der Waals surface area contributed by atoms with Gasteiger partial charge >= 0.3 is 0 Å². The number of phenolic OH excluding ortho intramolecular Hbond substituents is 1. The lowest BCUT2D eigenvalue weighted by Crippen LogP contribution is -2.33. The van der Waals surface area contributed by atoms with Crippen molar-refractivity contribution in [2.45, 2.75) is 60.8 Å². The monoisotopic (exact) mass is 370 g/mol. The number of phenols is 1. The topological polar surface area (TPSA) is 54.4 Å². The van der Waals surface area contributed by atoms with E-state index in [1.807, 2.05) is 6.92 Å². The fraction of sp³-hybridized carbons (Fsp3) is 0.500. The quantitative estimate of drug-likeness (QED) is 0.536. The van der Waals surface area contributed by atoms with Crippen LogP contribution < -0.4 is 0 Å². The van der Waals surface area contributed by atoms with Crippen LogP contribution in [0, 0.1) is 17.3 Å². The molecule has 0 aromatic heterocycles. The van der Waals surface area contributed by atoms with Gasteiger partial charge in [0.2, 0.25) is 0 Å². The highest BCUT2D eigenvalue weighted by molar-refractivity contribution is 5.87. The van der Waals surface area contributed by atoms with Crippen molar-refractivity contribution >= 4 is 11.6 Å². The Morgan fingerprint density at radius 1 is 1.22 bits per heavy atom. The standard InChI is InChI=1S/C14H22O.C10H12O2/c1-10-6-7-11(2)14(4,5)13(10)9-8-12(3)15;1-2-9(11)7-8-3-5-10(12)6-4-8/h6,8-9,11,13H,7H2,1-5H3;3-6,12H,2,7H2,1H3/b9-8+;. The summed E-state index contributed by atoms with van der Waals surface area (Å²) in [5.41, 5.74) is 2.61. The summed E-state index contributed by atoms with van der Waals surface area (Å²) in [7, 11) is 0. The molecule has 2 rings (SSSR count). The second kappa shape index (κ2) is 10.2. The van der Waals surface area contributed by atoms with Crippen LogP contribution in [0.25, 0.3) is 0 Å². The smallest absolute Gasteiger partial charge is 0.152 e. The number of rotatable bonds is 5. The molecule has 1 aromatic rings. The van der Waals surface area contributed by atoms with Crippen molar-refractivity contribution in [2.24, 2.45) is 17.3 Å². The maximum Gasteiger partial charge on any atom is 0.152 e. The van der Waals surface area contributed by atoms with Gasteiger partial charge in [-0.05, 0) is 55.4 Å². The van der Waals surface area contributed by atoms with Crippen LogP contribution in [0.15, 0.2) is 48.1 Å². The Balaban J connectivity index is 0.000000277. The minimum Gasteiger partial charge on any atom is -0.508 e. The van der Waals surface area contributed by atoms with Crippen LogP contribution in [-0.4, -0.2) is 16.7 Å². The highest BCUT2D eigenvalue weighted by atomic mass is 16.3. The van der Waals surface area contributed by atoms with E-state index in [1.165, 1.54) is 5.57 Å². The van der Waals surface area contributed by atoms with Crippen molar-refractivity contribution in [2.75, 3.05) is 0 Å². The van der Waals surface area contributed by atoms with Crippen molar-refractivity contribution in [3.05, 3.63) is 53.6 Å². The van der Waals surface area contributed by atoms with Crippen molar-refractivity contribution < 1.29 is 14.7 Å². The third kappa shape index (κ3) is 7.16. The Hall–Kier alpha value is -2.16.